The van der Waals surface area contributed by atoms with E-state index in [4.69, 9.17) is 14.5 Å². The lowest BCUT2D eigenvalue weighted by Crippen LogP contribution is -2.40. The third-order valence-electron chi connectivity index (χ3n) is 7.84. The van der Waals surface area contributed by atoms with Gasteiger partial charge in [0.1, 0.15) is 17.6 Å². The molecule has 1 atom stereocenters. The summed E-state index contributed by atoms with van der Waals surface area (Å²) in [5.41, 5.74) is 5.11. The molecule has 0 amide bonds. The number of allylic oxidation sites excluding steroid dienone is 1. The van der Waals surface area contributed by atoms with E-state index in [1.807, 2.05) is 68.5 Å². The number of carbonyl (C=O) groups is 1. The maximum absolute atomic E-state index is 14.3. The van der Waals surface area contributed by atoms with E-state index in [2.05, 4.69) is 4.57 Å². The molecule has 7 nitrogen and oxygen atoms in total. The summed E-state index contributed by atoms with van der Waals surface area (Å²) in [4.78, 5) is 32.8. The summed E-state index contributed by atoms with van der Waals surface area (Å²) in [5.74, 6) is -0.202. The van der Waals surface area contributed by atoms with Gasteiger partial charge in [0.2, 0.25) is 0 Å². The lowest BCUT2D eigenvalue weighted by atomic mass is 9.95. The highest BCUT2D eigenvalue weighted by Crippen LogP contribution is 2.36. The average molecular weight is 610 g/mol. The third-order valence-corrected chi connectivity index (χ3v) is 8.82. The molecule has 3 aromatic carbocycles. The van der Waals surface area contributed by atoms with E-state index in [-0.39, 0.29) is 18.0 Å². The molecule has 9 heteroatoms. The Hall–Kier alpha value is -4.76. The minimum absolute atomic E-state index is 0.196. The summed E-state index contributed by atoms with van der Waals surface area (Å²) in [7, 11) is 0. The number of fused-ring (bicyclic) bond motifs is 2. The van der Waals surface area contributed by atoms with Crippen LogP contribution in [0.5, 0.6) is 5.75 Å². The number of benzene rings is 3. The highest BCUT2D eigenvalue weighted by molar-refractivity contribution is 7.07. The summed E-state index contributed by atoms with van der Waals surface area (Å²) in [5, 5.41) is 1.000. The van der Waals surface area contributed by atoms with Gasteiger partial charge in [-0.05, 0) is 63.6 Å². The summed E-state index contributed by atoms with van der Waals surface area (Å²) < 4.78 is 29.2. The van der Waals surface area contributed by atoms with Gasteiger partial charge in [-0.1, -0.05) is 59.9 Å². The van der Waals surface area contributed by atoms with E-state index in [9.17, 15) is 14.0 Å². The van der Waals surface area contributed by atoms with Gasteiger partial charge in [0, 0.05) is 34.3 Å². The van der Waals surface area contributed by atoms with Crippen molar-refractivity contribution in [3.8, 4) is 5.75 Å². The van der Waals surface area contributed by atoms with Crippen molar-refractivity contribution in [1.29, 1.82) is 0 Å². The molecule has 0 aliphatic carbocycles. The molecule has 0 saturated heterocycles. The zero-order chi connectivity index (χ0) is 31.0. The first-order chi connectivity index (χ1) is 21.3. The molecule has 224 valence electrons. The summed E-state index contributed by atoms with van der Waals surface area (Å²) in [6.45, 7) is 8.62. The van der Waals surface area contributed by atoms with Crippen LogP contribution in [0.1, 0.15) is 49.2 Å². The first-order valence-electron chi connectivity index (χ1n) is 14.6. The number of aromatic nitrogens is 2. The highest BCUT2D eigenvalue weighted by atomic mass is 32.1. The highest BCUT2D eigenvalue weighted by Gasteiger charge is 2.35. The number of carbonyl (C=O) groups excluding carboxylic acids is 1. The van der Waals surface area contributed by atoms with Crippen molar-refractivity contribution < 1.29 is 18.7 Å². The Morgan fingerprint density at radius 2 is 1.73 bits per heavy atom. The number of thiazole rings is 1. The van der Waals surface area contributed by atoms with E-state index in [1.165, 1.54) is 23.5 Å². The Bertz CT molecular complexity index is 2100. The van der Waals surface area contributed by atoms with Crippen LogP contribution in [0, 0.1) is 12.7 Å². The molecule has 0 N–H and O–H groups in total. The second kappa shape index (κ2) is 12.1. The lowest BCUT2D eigenvalue weighted by molar-refractivity contribution is -0.139. The molecule has 2 aromatic heterocycles. The monoisotopic (exact) mass is 609 g/mol. The molecule has 3 heterocycles. The number of ether oxygens (including phenoxy) is 2. The normalized spacial score (nSPS) is 14.9. The third kappa shape index (κ3) is 5.17. The van der Waals surface area contributed by atoms with E-state index >= 15 is 0 Å². The number of rotatable bonds is 8. The smallest absolute Gasteiger partial charge is 0.338 e. The Kier molecular flexibility index (Phi) is 8.05. The van der Waals surface area contributed by atoms with Gasteiger partial charge in [0.05, 0.1) is 29.0 Å². The Morgan fingerprint density at radius 3 is 2.48 bits per heavy atom. The Morgan fingerprint density at radius 1 is 1.00 bits per heavy atom. The van der Waals surface area contributed by atoms with Crippen molar-refractivity contribution in [1.82, 2.24) is 9.13 Å². The predicted molar refractivity (Wildman–Crippen MR) is 170 cm³/mol. The SMILES string of the molecule is CCOC(=O)C1=C(C)N=c2s/c(=C\c3c(C)n(Cc4ccc(F)cc4)c4ccccc34)c(=O)n2[C@H]1c1ccccc1OCC. The molecule has 1 aliphatic rings. The molecule has 6 rings (SSSR count). The van der Waals surface area contributed by atoms with Crippen LogP contribution in [0.25, 0.3) is 17.0 Å². The van der Waals surface area contributed by atoms with Crippen molar-refractivity contribution in [2.24, 2.45) is 4.99 Å². The first-order valence-corrected chi connectivity index (χ1v) is 15.4. The van der Waals surface area contributed by atoms with Gasteiger partial charge in [0.25, 0.3) is 5.56 Å². The molecule has 0 spiro atoms. The van der Waals surface area contributed by atoms with Crippen molar-refractivity contribution in [3.63, 3.8) is 0 Å². The fourth-order valence-electron chi connectivity index (χ4n) is 5.83. The molecule has 0 bridgehead atoms. The molecule has 0 fully saturated rings. The van der Waals surface area contributed by atoms with E-state index in [0.717, 1.165) is 27.7 Å². The average Bonchev–Trinajstić information content (AvgIpc) is 3.46. The van der Waals surface area contributed by atoms with Crippen LogP contribution in [-0.4, -0.2) is 28.3 Å². The summed E-state index contributed by atoms with van der Waals surface area (Å²) in [6.07, 6.45) is 1.91. The van der Waals surface area contributed by atoms with Gasteiger partial charge >= 0.3 is 5.97 Å². The van der Waals surface area contributed by atoms with Gasteiger partial charge in [0.15, 0.2) is 4.80 Å². The number of hydrogen-bond acceptors (Lipinski definition) is 6. The maximum atomic E-state index is 14.3. The fourth-order valence-corrected chi connectivity index (χ4v) is 6.85. The Labute approximate surface area is 257 Å². The molecule has 5 aromatic rings. The van der Waals surface area contributed by atoms with Gasteiger partial charge in [-0.15, -0.1) is 0 Å². The van der Waals surface area contributed by atoms with Crippen molar-refractivity contribution in [3.05, 3.63) is 132 Å². The summed E-state index contributed by atoms with van der Waals surface area (Å²) >= 11 is 1.29. The van der Waals surface area contributed by atoms with Crippen LogP contribution >= 0.6 is 11.3 Å². The number of esters is 1. The van der Waals surface area contributed by atoms with Crippen LogP contribution in [0.15, 0.2) is 93.9 Å². The van der Waals surface area contributed by atoms with Gasteiger partial charge < -0.3 is 14.0 Å². The maximum Gasteiger partial charge on any atom is 0.338 e. The minimum atomic E-state index is -0.767. The standard InChI is InChI=1S/C35H32FN3O4S/c1-5-42-29-14-10-8-12-26(29)32-31(34(41)43-6-2)21(3)37-35-39(32)33(40)30(44-35)19-27-22(4)38(28-13-9-7-11-25(27)28)20-23-15-17-24(36)18-16-23/h7-19,32H,5-6,20H2,1-4H3/b30-19-/t32-/m0/s1. The largest absolute Gasteiger partial charge is 0.494 e. The number of nitrogens with zero attached hydrogens (tertiary/aromatic N) is 3. The van der Waals surface area contributed by atoms with Crippen LogP contribution < -0.4 is 19.6 Å². The minimum Gasteiger partial charge on any atom is -0.494 e. The van der Waals surface area contributed by atoms with Crippen LogP contribution in [-0.2, 0) is 16.1 Å². The second-order valence-corrected chi connectivity index (χ2v) is 11.5. The van der Waals surface area contributed by atoms with Gasteiger partial charge in [-0.25, -0.2) is 14.2 Å². The lowest BCUT2D eigenvalue weighted by Gasteiger charge is -2.26. The number of hydrogen-bond donors (Lipinski definition) is 0. The van der Waals surface area contributed by atoms with E-state index < -0.39 is 12.0 Å². The summed E-state index contributed by atoms with van der Waals surface area (Å²) in [6, 6.07) is 21.2. The van der Waals surface area contributed by atoms with Crippen LogP contribution in [0.4, 0.5) is 4.39 Å². The molecular weight excluding hydrogens is 577 g/mol. The molecule has 0 radical (unpaired) electrons. The molecule has 1 aliphatic heterocycles. The van der Waals surface area contributed by atoms with E-state index in [1.54, 1.807) is 30.5 Å². The zero-order valence-electron chi connectivity index (χ0n) is 25.0. The molecule has 0 unspecified atom stereocenters. The van der Waals surface area contributed by atoms with Crippen molar-refractivity contribution >= 4 is 34.3 Å². The number of halogens is 1. The molecule has 0 saturated carbocycles. The second-order valence-electron chi connectivity index (χ2n) is 10.5. The fraction of sp³-hybridized carbons (Fsp3) is 0.229. The Balaban J connectivity index is 1.56. The van der Waals surface area contributed by atoms with Crippen LogP contribution in [0.3, 0.4) is 0 Å². The first kappa shape index (κ1) is 29.3. The van der Waals surface area contributed by atoms with Crippen molar-refractivity contribution in [2.75, 3.05) is 13.2 Å². The molecule has 44 heavy (non-hydrogen) atoms. The predicted octanol–water partition coefficient (Wildman–Crippen LogP) is 5.65. The topological polar surface area (TPSA) is 74.8 Å². The quantitative estimate of drug-likeness (QED) is 0.213. The van der Waals surface area contributed by atoms with Gasteiger partial charge in [-0.2, -0.15) is 0 Å². The number of para-hydroxylation sites is 2. The molecular formula is C35H32FN3O4S. The van der Waals surface area contributed by atoms with E-state index in [0.29, 0.717) is 45.1 Å². The van der Waals surface area contributed by atoms with Crippen LogP contribution in [0.2, 0.25) is 0 Å². The van der Waals surface area contributed by atoms with Crippen molar-refractivity contribution in [2.45, 2.75) is 40.3 Å². The zero-order valence-corrected chi connectivity index (χ0v) is 25.8. The van der Waals surface area contributed by atoms with Gasteiger partial charge in [-0.3, -0.25) is 9.36 Å².